The van der Waals surface area contributed by atoms with Crippen molar-refractivity contribution in [2.24, 2.45) is 0 Å². The number of anilines is 2. The minimum absolute atomic E-state index is 0. The fourth-order valence-electron chi connectivity index (χ4n) is 3.56. The van der Waals surface area contributed by atoms with Crippen molar-refractivity contribution in [3.05, 3.63) is 82.8 Å². The van der Waals surface area contributed by atoms with Crippen LogP contribution in [0.1, 0.15) is 16.7 Å². The van der Waals surface area contributed by atoms with Gasteiger partial charge in [-0.1, -0.05) is 17.7 Å². The molecule has 4 aromatic rings. The number of rotatable bonds is 6. The SMILES string of the molecule is CNCc1cn(S(=O)(=O)c2cccnc2)c2cc(Nc3cc(C)c(Cl)cc3C)ccc12.Cl. The fourth-order valence-corrected chi connectivity index (χ4v) is 5.12. The Hall–Kier alpha value is -2.58. The Kier molecular flexibility index (Phi) is 7.15. The van der Waals surface area contributed by atoms with Gasteiger partial charge in [0.1, 0.15) is 4.90 Å². The van der Waals surface area contributed by atoms with E-state index in [1.807, 2.05) is 51.2 Å². The van der Waals surface area contributed by atoms with E-state index in [-0.39, 0.29) is 17.3 Å². The zero-order chi connectivity index (χ0) is 22.2. The Bertz CT molecular complexity index is 1370. The lowest BCUT2D eigenvalue weighted by Crippen LogP contribution is -2.12. The van der Waals surface area contributed by atoms with E-state index < -0.39 is 10.0 Å². The lowest BCUT2D eigenvalue weighted by molar-refractivity contribution is 0.588. The molecule has 0 aliphatic heterocycles. The van der Waals surface area contributed by atoms with E-state index in [0.717, 1.165) is 33.5 Å². The average Bonchev–Trinajstić information content (AvgIpc) is 3.11. The van der Waals surface area contributed by atoms with Crippen molar-refractivity contribution in [3.63, 3.8) is 0 Å². The Balaban J connectivity index is 0.00000289. The number of nitrogens with one attached hydrogen (secondary N) is 2. The molecule has 0 aliphatic rings. The van der Waals surface area contributed by atoms with Crippen LogP contribution in [0.3, 0.4) is 0 Å². The number of aryl methyl sites for hydroxylation is 2. The number of halogens is 2. The van der Waals surface area contributed by atoms with Crippen LogP contribution in [-0.2, 0) is 16.6 Å². The van der Waals surface area contributed by atoms with Crippen molar-refractivity contribution in [1.29, 1.82) is 0 Å². The average molecular weight is 491 g/mol. The molecule has 6 nitrogen and oxygen atoms in total. The number of fused-ring (bicyclic) bond motifs is 1. The highest BCUT2D eigenvalue weighted by Crippen LogP contribution is 2.31. The van der Waals surface area contributed by atoms with E-state index in [4.69, 9.17) is 11.6 Å². The molecule has 0 amide bonds. The summed E-state index contributed by atoms with van der Waals surface area (Å²) in [6, 6.07) is 12.8. The lowest BCUT2D eigenvalue weighted by Gasteiger charge is -2.13. The number of pyridine rings is 1. The number of hydrogen-bond donors (Lipinski definition) is 2. The van der Waals surface area contributed by atoms with E-state index in [2.05, 4.69) is 15.6 Å². The molecule has 0 saturated heterocycles. The van der Waals surface area contributed by atoms with Crippen molar-refractivity contribution >= 4 is 56.3 Å². The third-order valence-corrected chi connectivity index (χ3v) is 7.26. The maximum Gasteiger partial charge on any atom is 0.269 e. The predicted octanol–water partition coefficient (Wildman–Crippen LogP) is 5.43. The summed E-state index contributed by atoms with van der Waals surface area (Å²) < 4.78 is 28.0. The van der Waals surface area contributed by atoms with Gasteiger partial charge in [-0.2, -0.15) is 0 Å². The fraction of sp³-hybridized carbons (Fsp3) is 0.174. The van der Waals surface area contributed by atoms with Crippen LogP contribution in [0.5, 0.6) is 0 Å². The molecule has 0 unspecified atom stereocenters. The van der Waals surface area contributed by atoms with Crippen LogP contribution in [0.4, 0.5) is 11.4 Å². The van der Waals surface area contributed by atoms with Gasteiger partial charge in [-0.15, -0.1) is 12.4 Å². The first kappa shape index (κ1) is 24.1. The van der Waals surface area contributed by atoms with Gasteiger partial charge in [-0.3, -0.25) is 4.98 Å². The molecule has 168 valence electrons. The molecule has 9 heteroatoms. The van der Waals surface area contributed by atoms with Gasteiger partial charge >= 0.3 is 0 Å². The van der Waals surface area contributed by atoms with E-state index in [9.17, 15) is 8.42 Å². The molecule has 0 spiro atoms. The molecular formula is C23H24Cl2N4O2S. The third kappa shape index (κ3) is 4.47. The van der Waals surface area contributed by atoms with Crippen molar-refractivity contribution in [3.8, 4) is 0 Å². The summed E-state index contributed by atoms with van der Waals surface area (Å²) in [5.41, 5.74) is 5.18. The monoisotopic (exact) mass is 490 g/mol. The van der Waals surface area contributed by atoms with Crippen molar-refractivity contribution in [1.82, 2.24) is 14.3 Å². The van der Waals surface area contributed by atoms with Crippen LogP contribution in [0.25, 0.3) is 10.9 Å². The molecule has 0 bridgehead atoms. The van der Waals surface area contributed by atoms with E-state index in [1.54, 1.807) is 24.5 Å². The van der Waals surface area contributed by atoms with Gasteiger partial charge in [0, 0.05) is 46.9 Å². The number of nitrogens with zero attached hydrogens (tertiary/aromatic N) is 2. The zero-order valence-corrected chi connectivity index (χ0v) is 20.3. The van der Waals surface area contributed by atoms with Crippen LogP contribution in [-0.4, -0.2) is 24.4 Å². The Morgan fingerprint density at radius 3 is 2.56 bits per heavy atom. The summed E-state index contributed by atoms with van der Waals surface area (Å²) in [6.07, 6.45) is 4.59. The molecule has 0 atom stereocenters. The molecule has 2 aromatic carbocycles. The van der Waals surface area contributed by atoms with Gasteiger partial charge in [0.05, 0.1) is 5.52 Å². The highest BCUT2D eigenvalue weighted by Gasteiger charge is 2.21. The summed E-state index contributed by atoms with van der Waals surface area (Å²) in [6.45, 7) is 4.48. The second kappa shape index (κ2) is 9.50. The Labute approximate surface area is 199 Å². The van der Waals surface area contributed by atoms with Crippen LogP contribution in [0, 0.1) is 13.8 Å². The Morgan fingerprint density at radius 2 is 1.88 bits per heavy atom. The molecule has 0 saturated carbocycles. The largest absolute Gasteiger partial charge is 0.355 e. The first-order chi connectivity index (χ1) is 14.8. The lowest BCUT2D eigenvalue weighted by atomic mass is 10.1. The number of benzene rings is 2. The first-order valence-electron chi connectivity index (χ1n) is 9.79. The van der Waals surface area contributed by atoms with Gasteiger partial charge < -0.3 is 10.6 Å². The van der Waals surface area contributed by atoms with Gasteiger partial charge in [0.25, 0.3) is 10.0 Å². The molecule has 32 heavy (non-hydrogen) atoms. The highest BCUT2D eigenvalue weighted by atomic mass is 35.5. The van der Waals surface area contributed by atoms with Crippen LogP contribution in [0.15, 0.2) is 66.0 Å². The van der Waals surface area contributed by atoms with Crippen LogP contribution in [0.2, 0.25) is 5.02 Å². The van der Waals surface area contributed by atoms with Crippen LogP contribution >= 0.6 is 24.0 Å². The molecule has 2 heterocycles. The first-order valence-corrected chi connectivity index (χ1v) is 11.6. The normalized spacial score (nSPS) is 11.4. The van der Waals surface area contributed by atoms with Gasteiger partial charge in [0.2, 0.25) is 0 Å². The second-order valence-electron chi connectivity index (χ2n) is 7.45. The van der Waals surface area contributed by atoms with E-state index >= 15 is 0 Å². The number of aromatic nitrogens is 2. The third-order valence-electron chi connectivity index (χ3n) is 5.20. The molecule has 2 aromatic heterocycles. The number of hydrogen-bond acceptors (Lipinski definition) is 5. The highest BCUT2D eigenvalue weighted by molar-refractivity contribution is 7.90. The minimum Gasteiger partial charge on any atom is -0.355 e. The van der Waals surface area contributed by atoms with Crippen molar-refractivity contribution < 1.29 is 8.42 Å². The maximum atomic E-state index is 13.3. The minimum atomic E-state index is -3.79. The second-order valence-corrected chi connectivity index (χ2v) is 9.67. The quantitative estimate of drug-likeness (QED) is 0.376. The Morgan fingerprint density at radius 1 is 1.09 bits per heavy atom. The predicted molar refractivity (Wildman–Crippen MR) is 133 cm³/mol. The van der Waals surface area contributed by atoms with Gasteiger partial charge in [-0.25, -0.2) is 12.4 Å². The van der Waals surface area contributed by atoms with Crippen LogP contribution < -0.4 is 10.6 Å². The zero-order valence-electron chi connectivity index (χ0n) is 17.9. The molecule has 2 N–H and O–H groups in total. The topological polar surface area (TPSA) is 76.0 Å². The summed E-state index contributed by atoms with van der Waals surface area (Å²) in [7, 11) is -1.96. The molecule has 4 rings (SSSR count). The summed E-state index contributed by atoms with van der Waals surface area (Å²) in [4.78, 5) is 4.11. The molecular weight excluding hydrogens is 467 g/mol. The van der Waals surface area contributed by atoms with Gasteiger partial charge in [0.15, 0.2) is 0 Å². The summed E-state index contributed by atoms with van der Waals surface area (Å²) >= 11 is 6.22. The molecule has 0 fully saturated rings. The van der Waals surface area contributed by atoms with Gasteiger partial charge in [-0.05, 0) is 74.0 Å². The standard InChI is InChI=1S/C23H23ClN4O2S.ClH/c1-15-10-22(16(2)9-21(15)24)27-18-6-7-20-17(12-25-3)14-28(23(20)11-18)31(29,30)19-5-4-8-26-13-19;/h4-11,13-14,25,27H,12H2,1-3H3;1H. The maximum absolute atomic E-state index is 13.3. The van der Waals surface area contributed by atoms with E-state index in [0.29, 0.717) is 17.1 Å². The summed E-state index contributed by atoms with van der Waals surface area (Å²) in [5, 5.41) is 8.09. The molecule has 0 radical (unpaired) electrons. The summed E-state index contributed by atoms with van der Waals surface area (Å²) in [5.74, 6) is 0. The van der Waals surface area contributed by atoms with E-state index in [1.165, 1.54) is 10.2 Å². The van der Waals surface area contributed by atoms with Crippen molar-refractivity contribution in [2.45, 2.75) is 25.3 Å². The molecule has 0 aliphatic carbocycles. The van der Waals surface area contributed by atoms with Crippen molar-refractivity contribution in [2.75, 3.05) is 12.4 Å². The smallest absolute Gasteiger partial charge is 0.269 e.